The van der Waals surface area contributed by atoms with Crippen LogP contribution in [0.25, 0.3) is 0 Å². The van der Waals surface area contributed by atoms with Gasteiger partial charge in [0.1, 0.15) is 5.82 Å². The number of hydrogen-bond acceptors (Lipinski definition) is 6. The number of carbonyl (C=O) groups is 1. The number of carbonyl (C=O) groups excluding carboxylic acids is 1. The second-order valence-corrected chi connectivity index (χ2v) is 5.91. The minimum absolute atomic E-state index is 0.00762. The lowest BCUT2D eigenvalue weighted by Gasteiger charge is -2.35. The van der Waals surface area contributed by atoms with Crippen molar-refractivity contribution in [3.05, 3.63) is 42.4 Å². The standard InChI is InChI=1S/C18H24N6O/c1-3-22(4-2)18-20-13-15(14-21-18)17(25)24-11-9-23(10-12-24)16-7-5-6-8-19-16/h5-8,13-14H,3-4,9-12H2,1-2H3. The Balaban J connectivity index is 1.61. The molecule has 0 spiro atoms. The zero-order chi connectivity index (χ0) is 17.6. The maximum absolute atomic E-state index is 12.7. The van der Waals surface area contributed by atoms with Crippen molar-refractivity contribution >= 4 is 17.7 Å². The van der Waals surface area contributed by atoms with E-state index in [1.54, 1.807) is 18.6 Å². The number of anilines is 2. The molecule has 1 amide bonds. The van der Waals surface area contributed by atoms with E-state index >= 15 is 0 Å². The smallest absolute Gasteiger partial charge is 0.257 e. The fourth-order valence-corrected chi connectivity index (χ4v) is 2.96. The lowest BCUT2D eigenvalue weighted by Crippen LogP contribution is -2.49. The first-order valence-corrected chi connectivity index (χ1v) is 8.75. The Labute approximate surface area is 148 Å². The van der Waals surface area contributed by atoms with Gasteiger partial charge in [-0.05, 0) is 26.0 Å². The number of nitrogens with zero attached hydrogens (tertiary/aromatic N) is 6. The molecule has 1 aliphatic rings. The van der Waals surface area contributed by atoms with Crippen molar-refractivity contribution < 1.29 is 4.79 Å². The van der Waals surface area contributed by atoms with E-state index in [1.165, 1.54) is 0 Å². The monoisotopic (exact) mass is 340 g/mol. The normalized spacial score (nSPS) is 14.5. The van der Waals surface area contributed by atoms with Crippen LogP contribution in [0.2, 0.25) is 0 Å². The zero-order valence-electron chi connectivity index (χ0n) is 14.8. The second-order valence-electron chi connectivity index (χ2n) is 5.91. The molecule has 3 heterocycles. The van der Waals surface area contributed by atoms with Crippen molar-refractivity contribution in [2.24, 2.45) is 0 Å². The van der Waals surface area contributed by atoms with E-state index in [2.05, 4.69) is 38.6 Å². The van der Waals surface area contributed by atoms with Crippen LogP contribution in [0, 0.1) is 0 Å². The van der Waals surface area contributed by atoms with Gasteiger partial charge in [0.05, 0.1) is 5.56 Å². The fraction of sp³-hybridized carbons (Fsp3) is 0.444. The summed E-state index contributed by atoms with van der Waals surface area (Å²) < 4.78 is 0. The molecule has 1 fully saturated rings. The van der Waals surface area contributed by atoms with Gasteiger partial charge in [0.15, 0.2) is 0 Å². The average Bonchev–Trinajstić information content (AvgIpc) is 2.70. The number of piperazine rings is 1. The van der Waals surface area contributed by atoms with Gasteiger partial charge < -0.3 is 14.7 Å². The first-order valence-electron chi connectivity index (χ1n) is 8.75. The molecule has 0 atom stereocenters. The quantitative estimate of drug-likeness (QED) is 0.825. The molecule has 0 bridgehead atoms. The molecule has 132 valence electrons. The third-order valence-electron chi connectivity index (χ3n) is 4.47. The molecular weight excluding hydrogens is 316 g/mol. The predicted octanol–water partition coefficient (Wildman–Crippen LogP) is 1.68. The Bertz CT molecular complexity index is 678. The van der Waals surface area contributed by atoms with Gasteiger partial charge in [0.2, 0.25) is 5.95 Å². The topological polar surface area (TPSA) is 65.5 Å². The van der Waals surface area contributed by atoms with Crippen LogP contribution in [-0.4, -0.2) is 65.0 Å². The Morgan fingerprint density at radius 3 is 2.28 bits per heavy atom. The van der Waals surface area contributed by atoms with Crippen molar-refractivity contribution in [3.63, 3.8) is 0 Å². The number of aromatic nitrogens is 3. The van der Waals surface area contributed by atoms with Crippen LogP contribution in [0.4, 0.5) is 11.8 Å². The number of pyridine rings is 1. The predicted molar refractivity (Wildman–Crippen MR) is 97.9 cm³/mol. The molecule has 1 saturated heterocycles. The summed E-state index contributed by atoms with van der Waals surface area (Å²) in [5.74, 6) is 1.62. The van der Waals surface area contributed by atoms with Crippen LogP contribution >= 0.6 is 0 Å². The van der Waals surface area contributed by atoms with Gasteiger partial charge in [-0.25, -0.2) is 15.0 Å². The third-order valence-corrected chi connectivity index (χ3v) is 4.47. The molecule has 0 aromatic carbocycles. The first kappa shape index (κ1) is 17.1. The molecule has 3 rings (SSSR count). The van der Waals surface area contributed by atoms with Gasteiger partial charge in [-0.1, -0.05) is 6.07 Å². The van der Waals surface area contributed by atoms with E-state index in [4.69, 9.17) is 0 Å². The number of amides is 1. The summed E-state index contributed by atoms with van der Waals surface area (Å²) in [5, 5.41) is 0. The van der Waals surface area contributed by atoms with Gasteiger partial charge in [-0.2, -0.15) is 0 Å². The Kier molecular flexibility index (Phi) is 5.42. The van der Waals surface area contributed by atoms with Crippen molar-refractivity contribution in [1.82, 2.24) is 19.9 Å². The summed E-state index contributed by atoms with van der Waals surface area (Å²) in [7, 11) is 0. The van der Waals surface area contributed by atoms with Crippen LogP contribution < -0.4 is 9.80 Å². The van der Waals surface area contributed by atoms with E-state index in [0.29, 0.717) is 24.6 Å². The van der Waals surface area contributed by atoms with Gasteiger partial charge >= 0.3 is 0 Å². The summed E-state index contributed by atoms with van der Waals surface area (Å²) in [5.41, 5.74) is 0.544. The Morgan fingerprint density at radius 1 is 1.04 bits per heavy atom. The largest absolute Gasteiger partial charge is 0.353 e. The molecule has 25 heavy (non-hydrogen) atoms. The highest BCUT2D eigenvalue weighted by atomic mass is 16.2. The lowest BCUT2D eigenvalue weighted by molar-refractivity contribution is 0.0745. The Morgan fingerprint density at radius 2 is 1.72 bits per heavy atom. The number of hydrogen-bond donors (Lipinski definition) is 0. The lowest BCUT2D eigenvalue weighted by atomic mass is 10.2. The molecule has 1 aliphatic heterocycles. The minimum atomic E-state index is -0.00762. The van der Waals surface area contributed by atoms with E-state index in [0.717, 1.165) is 32.0 Å². The molecular formula is C18H24N6O. The molecule has 0 radical (unpaired) electrons. The summed E-state index contributed by atoms with van der Waals surface area (Å²) in [4.78, 5) is 31.8. The summed E-state index contributed by atoms with van der Waals surface area (Å²) in [6, 6.07) is 5.89. The van der Waals surface area contributed by atoms with Crippen LogP contribution in [0.5, 0.6) is 0 Å². The molecule has 7 nitrogen and oxygen atoms in total. The van der Waals surface area contributed by atoms with Gasteiger partial charge in [-0.15, -0.1) is 0 Å². The average molecular weight is 340 g/mol. The van der Waals surface area contributed by atoms with E-state index < -0.39 is 0 Å². The zero-order valence-corrected chi connectivity index (χ0v) is 14.8. The minimum Gasteiger partial charge on any atom is -0.353 e. The maximum atomic E-state index is 12.7. The molecule has 0 saturated carbocycles. The van der Waals surface area contributed by atoms with Gasteiger partial charge in [-0.3, -0.25) is 4.79 Å². The highest BCUT2D eigenvalue weighted by molar-refractivity contribution is 5.93. The van der Waals surface area contributed by atoms with Crippen molar-refractivity contribution in [2.45, 2.75) is 13.8 Å². The molecule has 0 aliphatic carbocycles. The highest BCUT2D eigenvalue weighted by Gasteiger charge is 2.23. The van der Waals surface area contributed by atoms with E-state index in [-0.39, 0.29) is 5.91 Å². The van der Waals surface area contributed by atoms with Crippen LogP contribution in [0.15, 0.2) is 36.8 Å². The third kappa shape index (κ3) is 3.87. The molecule has 0 N–H and O–H groups in total. The summed E-state index contributed by atoms with van der Waals surface area (Å²) in [6.45, 7) is 8.72. The molecule has 0 unspecified atom stereocenters. The molecule has 2 aromatic heterocycles. The van der Waals surface area contributed by atoms with Crippen molar-refractivity contribution in [2.75, 3.05) is 49.1 Å². The van der Waals surface area contributed by atoms with Crippen molar-refractivity contribution in [3.8, 4) is 0 Å². The summed E-state index contributed by atoms with van der Waals surface area (Å²) >= 11 is 0. The molecule has 7 heteroatoms. The fourth-order valence-electron chi connectivity index (χ4n) is 2.96. The maximum Gasteiger partial charge on any atom is 0.257 e. The molecule has 2 aromatic rings. The van der Waals surface area contributed by atoms with Crippen LogP contribution in [0.3, 0.4) is 0 Å². The van der Waals surface area contributed by atoms with Gasteiger partial charge in [0.25, 0.3) is 5.91 Å². The van der Waals surface area contributed by atoms with E-state index in [9.17, 15) is 4.79 Å². The number of rotatable bonds is 5. The SMILES string of the molecule is CCN(CC)c1ncc(C(=O)N2CCN(c3ccccn3)CC2)cn1. The Hall–Kier alpha value is -2.70. The van der Waals surface area contributed by atoms with Crippen molar-refractivity contribution in [1.29, 1.82) is 0 Å². The van der Waals surface area contributed by atoms with Crippen LogP contribution in [0.1, 0.15) is 24.2 Å². The summed E-state index contributed by atoms with van der Waals surface area (Å²) in [6.07, 6.45) is 5.06. The highest BCUT2D eigenvalue weighted by Crippen LogP contribution is 2.15. The van der Waals surface area contributed by atoms with Crippen LogP contribution in [-0.2, 0) is 0 Å². The van der Waals surface area contributed by atoms with E-state index in [1.807, 2.05) is 23.1 Å². The van der Waals surface area contributed by atoms with Gasteiger partial charge in [0, 0.05) is 57.9 Å². The second kappa shape index (κ2) is 7.92. The first-order chi connectivity index (χ1) is 12.2.